The molecule has 0 bridgehead atoms. The van der Waals surface area contributed by atoms with E-state index in [1.54, 1.807) is 12.1 Å². The molecule has 112 valence electrons. The number of anilines is 1. The molecule has 0 radical (unpaired) electrons. The number of rotatable bonds is 3. The number of carboxylic acids is 1. The fraction of sp³-hybridized carbons (Fsp3) is 0. The molecule has 0 aliphatic carbocycles. The molecule has 2 aromatic heterocycles. The van der Waals surface area contributed by atoms with Gasteiger partial charge in [0.15, 0.2) is 0 Å². The van der Waals surface area contributed by atoms with Crippen molar-refractivity contribution in [3.05, 3.63) is 53.3 Å². The highest BCUT2D eigenvalue weighted by Crippen LogP contribution is 2.19. The first-order valence-corrected chi connectivity index (χ1v) is 6.48. The Kier molecular flexibility index (Phi) is 3.44. The lowest BCUT2D eigenvalue weighted by Crippen LogP contribution is -2.13. The summed E-state index contributed by atoms with van der Waals surface area (Å²) in [4.78, 5) is 34.0. The molecule has 0 spiro atoms. The van der Waals surface area contributed by atoms with E-state index in [9.17, 15) is 9.59 Å². The van der Waals surface area contributed by atoms with Crippen LogP contribution in [0.3, 0.4) is 0 Å². The molecule has 0 unspecified atom stereocenters. The highest BCUT2D eigenvalue weighted by molar-refractivity contribution is 6.05. The van der Waals surface area contributed by atoms with Crippen LogP contribution in [0.4, 0.5) is 5.95 Å². The maximum absolute atomic E-state index is 12.1. The van der Waals surface area contributed by atoms with E-state index in [-0.39, 0.29) is 28.3 Å². The molecule has 3 aromatic rings. The van der Waals surface area contributed by atoms with Crippen LogP contribution in [0.25, 0.3) is 11.0 Å². The minimum Gasteiger partial charge on any atom is -0.478 e. The van der Waals surface area contributed by atoms with Crippen molar-refractivity contribution in [2.75, 3.05) is 5.32 Å². The Morgan fingerprint density at radius 1 is 1.26 bits per heavy atom. The Bertz CT molecular complexity index is 953. The minimum absolute atomic E-state index is 0.0410. The summed E-state index contributed by atoms with van der Waals surface area (Å²) in [6.45, 7) is 0. The third-order valence-electron chi connectivity index (χ3n) is 3.12. The van der Waals surface area contributed by atoms with Crippen LogP contribution in [0.15, 0.2) is 36.5 Å². The molecular formula is C15H9N5O3. The van der Waals surface area contributed by atoms with Gasteiger partial charge in [0.2, 0.25) is 5.95 Å². The lowest BCUT2D eigenvalue weighted by molar-refractivity contribution is 0.0698. The highest BCUT2D eigenvalue weighted by Gasteiger charge is 2.14. The number of aromatic nitrogens is 3. The van der Waals surface area contributed by atoms with Crippen LogP contribution in [0.2, 0.25) is 0 Å². The number of hydrogen-bond donors (Lipinski definition) is 3. The normalized spacial score (nSPS) is 10.2. The summed E-state index contributed by atoms with van der Waals surface area (Å²) in [5, 5.41) is 20.3. The Morgan fingerprint density at radius 2 is 2.09 bits per heavy atom. The number of carbonyl (C=O) groups is 2. The van der Waals surface area contributed by atoms with Gasteiger partial charge in [-0.2, -0.15) is 5.26 Å². The molecule has 3 N–H and O–H groups in total. The molecule has 0 aliphatic heterocycles. The molecule has 1 amide bonds. The van der Waals surface area contributed by atoms with E-state index in [0.717, 1.165) is 0 Å². The van der Waals surface area contributed by atoms with Gasteiger partial charge in [0.1, 0.15) is 17.3 Å². The van der Waals surface area contributed by atoms with Gasteiger partial charge in [-0.15, -0.1) is 0 Å². The van der Waals surface area contributed by atoms with Gasteiger partial charge in [-0.3, -0.25) is 10.1 Å². The molecule has 0 aliphatic rings. The number of H-pyrrole nitrogens is 1. The van der Waals surface area contributed by atoms with Gasteiger partial charge in [0, 0.05) is 6.20 Å². The number of imidazole rings is 1. The molecule has 3 rings (SSSR count). The molecular weight excluding hydrogens is 298 g/mol. The number of carboxylic acid groups (broad SMARTS) is 1. The number of para-hydroxylation sites is 1. The standard InChI is InChI=1S/C15H9N5O3/c16-6-9-5-4-8(7-17-9)13(21)20-15-18-11-3-1-2-10(14(22)23)12(11)19-15/h1-5,7H,(H,22,23)(H2,18,19,20,21). The summed E-state index contributed by atoms with van der Waals surface area (Å²) in [6.07, 6.45) is 1.28. The van der Waals surface area contributed by atoms with Gasteiger partial charge in [0.05, 0.1) is 16.6 Å². The SMILES string of the molecule is N#Cc1ccc(C(=O)Nc2nc3c(C(=O)O)cccc3[nH]2)cn1. The van der Waals surface area contributed by atoms with Crippen LogP contribution >= 0.6 is 0 Å². The second kappa shape index (κ2) is 5.57. The summed E-state index contributed by atoms with van der Waals surface area (Å²) in [7, 11) is 0. The van der Waals surface area contributed by atoms with Crippen molar-refractivity contribution in [2.45, 2.75) is 0 Å². The molecule has 1 aromatic carbocycles. The third-order valence-corrected chi connectivity index (χ3v) is 3.12. The maximum Gasteiger partial charge on any atom is 0.337 e. The Morgan fingerprint density at radius 3 is 2.74 bits per heavy atom. The first kappa shape index (κ1) is 14.2. The lowest BCUT2D eigenvalue weighted by atomic mass is 10.2. The fourth-order valence-electron chi connectivity index (χ4n) is 2.04. The molecule has 8 heteroatoms. The van der Waals surface area contributed by atoms with Gasteiger partial charge >= 0.3 is 5.97 Å². The number of nitrogens with zero attached hydrogens (tertiary/aromatic N) is 3. The molecule has 8 nitrogen and oxygen atoms in total. The summed E-state index contributed by atoms with van der Waals surface area (Å²) in [5.41, 5.74) is 1.25. The lowest BCUT2D eigenvalue weighted by Gasteiger charge is -2.00. The zero-order valence-electron chi connectivity index (χ0n) is 11.6. The maximum atomic E-state index is 12.1. The van der Waals surface area contributed by atoms with E-state index < -0.39 is 11.9 Å². The number of aromatic carboxylic acids is 1. The van der Waals surface area contributed by atoms with Crippen molar-refractivity contribution in [1.29, 1.82) is 5.26 Å². The predicted octanol–water partition coefficient (Wildman–Crippen LogP) is 1.78. The average molecular weight is 307 g/mol. The quantitative estimate of drug-likeness (QED) is 0.675. The van der Waals surface area contributed by atoms with Crippen LogP contribution in [-0.4, -0.2) is 31.9 Å². The van der Waals surface area contributed by atoms with Gasteiger partial charge in [-0.25, -0.2) is 14.8 Å². The number of nitrogens with one attached hydrogen (secondary N) is 2. The van der Waals surface area contributed by atoms with E-state index in [4.69, 9.17) is 10.4 Å². The summed E-state index contributed by atoms with van der Waals surface area (Å²) in [6, 6.07) is 9.43. The number of amides is 1. The van der Waals surface area contributed by atoms with E-state index >= 15 is 0 Å². The summed E-state index contributed by atoms with van der Waals surface area (Å²) >= 11 is 0. The molecule has 0 fully saturated rings. The molecule has 0 saturated heterocycles. The van der Waals surface area contributed by atoms with Crippen molar-refractivity contribution in [3.8, 4) is 6.07 Å². The van der Waals surface area contributed by atoms with Gasteiger partial charge in [-0.1, -0.05) is 6.07 Å². The van der Waals surface area contributed by atoms with Gasteiger partial charge in [-0.05, 0) is 24.3 Å². The molecule has 23 heavy (non-hydrogen) atoms. The smallest absolute Gasteiger partial charge is 0.337 e. The first-order valence-electron chi connectivity index (χ1n) is 6.48. The number of pyridine rings is 1. The molecule has 2 heterocycles. The van der Waals surface area contributed by atoms with Crippen molar-refractivity contribution >= 4 is 28.9 Å². The number of hydrogen-bond acceptors (Lipinski definition) is 5. The average Bonchev–Trinajstić information content (AvgIpc) is 2.96. The summed E-state index contributed by atoms with van der Waals surface area (Å²) in [5.74, 6) is -1.45. The van der Waals surface area contributed by atoms with Crippen molar-refractivity contribution in [1.82, 2.24) is 15.0 Å². The number of aromatic amines is 1. The zero-order chi connectivity index (χ0) is 16.4. The minimum atomic E-state index is -1.10. The Hall–Kier alpha value is -3.73. The van der Waals surface area contributed by atoms with Crippen LogP contribution in [0.5, 0.6) is 0 Å². The second-order valence-electron chi connectivity index (χ2n) is 4.59. The van der Waals surface area contributed by atoms with Gasteiger partial charge < -0.3 is 10.1 Å². The first-order chi connectivity index (χ1) is 11.1. The third kappa shape index (κ3) is 2.71. The van der Waals surface area contributed by atoms with Crippen molar-refractivity contribution in [2.24, 2.45) is 0 Å². The molecule has 0 saturated carbocycles. The largest absolute Gasteiger partial charge is 0.478 e. The van der Waals surface area contributed by atoms with Crippen LogP contribution < -0.4 is 5.32 Å². The van der Waals surface area contributed by atoms with Crippen LogP contribution in [0, 0.1) is 11.3 Å². The summed E-state index contributed by atoms with van der Waals surface area (Å²) < 4.78 is 0. The van der Waals surface area contributed by atoms with E-state index in [1.165, 1.54) is 24.4 Å². The number of nitriles is 1. The van der Waals surface area contributed by atoms with Crippen LogP contribution in [0.1, 0.15) is 26.4 Å². The number of fused-ring (bicyclic) bond motifs is 1. The number of carbonyl (C=O) groups excluding carboxylic acids is 1. The fourth-order valence-corrected chi connectivity index (χ4v) is 2.04. The second-order valence-corrected chi connectivity index (χ2v) is 4.59. The van der Waals surface area contributed by atoms with Gasteiger partial charge in [0.25, 0.3) is 5.91 Å². The predicted molar refractivity (Wildman–Crippen MR) is 80.0 cm³/mol. The van der Waals surface area contributed by atoms with E-state index in [0.29, 0.717) is 5.52 Å². The topological polar surface area (TPSA) is 132 Å². The van der Waals surface area contributed by atoms with Crippen LogP contribution in [-0.2, 0) is 0 Å². The van der Waals surface area contributed by atoms with E-state index in [1.807, 2.05) is 6.07 Å². The molecule has 0 atom stereocenters. The highest BCUT2D eigenvalue weighted by atomic mass is 16.4. The number of benzene rings is 1. The van der Waals surface area contributed by atoms with Crippen molar-refractivity contribution in [3.63, 3.8) is 0 Å². The zero-order valence-corrected chi connectivity index (χ0v) is 11.6. The van der Waals surface area contributed by atoms with E-state index in [2.05, 4.69) is 20.3 Å². The monoisotopic (exact) mass is 307 g/mol. The van der Waals surface area contributed by atoms with Crippen molar-refractivity contribution < 1.29 is 14.7 Å². The Balaban J connectivity index is 1.89. The Labute approximate surface area is 129 Å².